The fourth-order valence-corrected chi connectivity index (χ4v) is 1.77. The van der Waals surface area contributed by atoms with E-state index in [1.807, 2.05) is 0 Å². The molecule has 0 atom stereocenters. The van der Waals surface area contributed by atoms with E-state index in [0.29, 0.717) is 11.3 Å². The van der Waals surface area contributed by atoms with Crippen LogP contribution in [0.1, 0.15) is 5.56 Å². The quantitative estimate of drug-likeness (QED) is 0.561. The number of ether oxygens (including phenoxy) is 2. The Hall–Kier alpha value is -3.42. The highest BCUT2D eigenvalue weighted by Gasteiger charge is 2.05. The van der Waals surface area contributed by atoms with Crippen molar-refractivity contribution in [1.29, 1.82) is 0 Å². The summed E-state index contributed by atoms with van der Waals surface area (Å²) in [4.78, 5) is 22.2. The summed E-state index contributed by atoms with van der Waals surface area (Å²) in [5.74, 6) is -1.56. The van der Waals surface area contributed by atoms with Gasteiger partial charge in [-0.05, 0) is 24.3 Å². The van der Waals surface area contributed by atoms with Crippen molar-refractivity contribution in [2.75, 3.05) is 13.2 Å². The molecule has 2 rings (SSSR count). The zero-order chi connectivity index (χ0) is 18.1. The van der Waals surface area contributed by atoms with Gasteiger partial charge < -0.3 is 14.6 Å². The second-order valence-corrected chi connectivity index (χ2v) is 4.76. The molecule has 0 aromatic heterocycles. The number of halogens is 1. The molecule has 0 radical (unpaired) electrons. The van der Waals surface area contributed by atoms with Crippen LogP contribution < -0.4 is 14.9 Å². The minimum Gasteiger partial charge on any atom is -0.484 e. The van der Waals surface area contributed by atoms with E-state index in [0.717, 1.165) is 6.07 Å². The zero-order valence-corrected chi connectivity index (χ0v) is 13.0. The Balaban J connectivity index is 1.86. The summed E-state index contributed by atoms with van der Waals surface area (Å²) in [7, 11) is 0. The molecule has 0 aliphatic rings. The lowest BCUT2D eigenvalue weighted by Crippen LogP contribution is -2.24. The fraction of sp³-hybridized carbons (Fsp3) is 0.118. The normalized spacial score (nSPS) is 10.4. The van der Waals surface area contributed by atoms with E-state index >= 15 is 0 Å². The molecule has 8 heteroatoms. The molecule has 2 N–H and O–H groups in total. The van der Waals surface area contributed by atoms with Crippen LogP contribution in [0.25, 0.3) is 0 Å². The summed E-state index contributed by atoms with van der Waals surface area (Å²) in [5, 5.41) is 12.4. The molecular formula is C17H15FN2O5. The summed E-state index contributed by atoms with van der Waals surface area (Å²) >= 11 is 0. The van der Waals surface area contributed by atoms with Gasteiger partial charge in [0.05, 0.1) is 6.21 Å². The first-order valence-electron chi connectivity index (χ1n) is 7.18. The molecule has 1 amide bonds. The Bertz CT molecular complexity index is 779. The third-order valence-electron chi connectivity index (χ3n) is 2.83. The summed E-state index contributed by atoms with van der Waals surface area (Å²) in [6.07, 6.45) is 1.32. The first-order valence-corrected chi connectivity index (χ1v) is 7.18. The van der Waals surface area contributed by atoms with Crippen molar-refractivity contribution in [2.45, 2.75) is 0 Å². The number of rotatable bonds is 8. The third kappa shape index (κ3) is 6.30. The summed E-state index contributed by atoms with van der Waals surface area (Å²) in [5.41, 5.74) is 2.74. The second-order valence-electron chi connectivity index (χ2n) is 4.76. The average Bonchev–Trinajstić information content (AvgIpc) is 2.59. The number of hydrazone groups is 1. The standard InChI is InChI=1S/C17H15FN2O5/c18-13-5-3-6-14(8-13)24-10-16(21)20-19-9-12-4-1-2-7-15(12)25-11-17(22)23/h1-9H,10-11H2,(H,20,21)(H,22,23)/b19-9-. The van der Waals surface area contributed by atoms with Gasteiger partial charge >= 0.3 is 5.97 Å². The van der Waals surface area contributed by atoms with Gasteiger partial charge in [-0.3, -0.25) is 4.79 Å². The van der Waals surface area contributed by atoms with Crippen molar-refractivity contribution < 1.29 is 28.6 Å². The number of para-hydroxylation sites is 1. The Morgan fingerprint density at radius 2 is 1.92 bits per heavy atom. The van der Waals surface area contributed by atoms with E-state index in [4.69, 9.17) is 14.6 Å². The molecule has 0 heterocycles. The number of benzene rings is 2. The predicted octanol–water partition coefficient (Wildman–Crippen LogP) is 1.82. The number of amides is 1. The Kier molecular flexibility index (Phi) is 6.47. The van der Waals surface area contributed by atoms with Gasteiger partial charge in [-0.25, -0.2) is 14.6 Å². The molecule has 0 saturated heterocycles. The maximum absolute atomic E-state index is 13.0. The molecule has 130 valence electrons. The van der Waals surface area contributed by atoms with Crippen LogP contribution in [-0.2, 0) is 9.59 Å². The largest absolute Gasteiger partial charge is 0.484 e. The number of hydrogen-bond acceptors (Lipinski definition) is 5. The zero-order valence-electron chi connectivity index (χ0n) is 13.0. The molecule has 0 fully saturated rings. The van der Waals surface area contributed by atoms with Crippen LogP contribution in [0.2, 0.25) is 0 Å². The molecule has 2 aromatic carbocycles. The Morgan fingerprint density at radius 3 is 2.68 bits per heavy atom. The van der Waals surface area contributed by atoms with E-state index in [1.54, 1.807) is 24.3 Å². The molecule has 0 saturated carbocycles. The highest BCUT2D eigenvalue weighted by molar-refractivity contribution is 5.85. The lowest BCUT2D eigenvalue weighted by Gasteiger charge is -2.06. The number of carboxylic acids is 1. The molecule has 0 unspecified atom stereocenters. The topological polar surface area (TPSA) is 97.2 Å². The molecule has 2 aromatic rings. The lowest BCUT2D eigenvalue weighted by molar-refractivity contribution is -0.139. The van der Waals surface area contributed by atoms with Gasteiger partial charge in [-0.2, -0.15) is 5.10 Å². The van der Waals surface area contributed by atoms with Crippen LogP contribution in [0.4, 0.5) is 4.39 Å². The molecule has 0 aliphatic carbocycles. The highest BCUT2D eigenvalue weighted by Crippen LogP contribution is 2.15. The molecular weight excluding hydrogens is 331 g/mol. The summed E-state index contributed by atoms with van der Waals surface area (Å²) in [6, 6.07) is 12.0. The number of carbonyl (C=O) groups is 2. The number of carboxylic acid groups (broad SMARTS) is 1. The third-order valence-corrected chi connectivity index (χ3v) is 2.83. The molecule has 7 nitrogen and oxygen atoms in total. The highest BCUT2D eigenvalue weighted by atomic mass is 19.1. The van der Waals surface area contributed by atoms with Crippen LogP contribution in [0, 0.1) is 5.82 Å². The molecule has 0 bridgehead atoms. The van der Waals surface area contributed by atoms with Gasteiger partial charge in [-0.15, -0.1) is 0 Å². The minimum absolute atomic E-state index is 0.228. The van der Waals surface area contributed by atoms with Crippen molar-refractivity contribution in [3.05, 3.63) is 59.9 Å². The van der Waals surface area contributed by atoms with Crippen molar-refractivity contribution in [3.63, 3.8) is 0 Å². The van der Waals surface area contributed by atoms with Gasteiger partial charge in [0.2, 0.25) is 0 Å². The maximum atomic E-state index is 13.0. The van der Waals surface area contributed by atoms with E-state index in [2.05, 4.69) is 10.5 Å². The smallest absolute Gasteiger partial charge is 0.341 e. The van der Waals surface area contributed by atoms with Crippen LogP contribution >= 0.6 is 0 Å². The number of hydrogen-bond donors (Lipinski definition) is 2. The molecule has 25 heavy (non-hydrogen) atoms. The molecule has 0 aliphatic heterocycles. The second kappa shape index (κ2) is 9.02. The number of aliphatic carboxylic acids is 1. The van der Waals surface area contributed by atoms with E-state index in [-0.39, 0.29) is 12.4 Å². The first-order chi connectivity index (χ1) is 12.0. The lowest BCUT2D eigenvalue weighted by atomic mass is 10.2. The van der Waals surface area contributed by atoms with Crippen molar-refractivity contribution in [2.24, 2.45) is 5.10 Å². The van der Waals surface area contributed by atoms with Crippen molar-refractivity contribution >= 4 is 18.1 Å². The van der Waals surface area contributed by atoms with Crippen molar-refractivity contribution in [3.8, 4) is 11.5 Å². The Labute approximate surface area is 142 Å². The predicted molar refractivity (Wildman–Crippen MR) is 87.2 cm³/mol. The monoisotopic (exact) mass is 346 g/mol. The van der Waals surface area contributed by atoms with Gasteiger partial charge in [-0.1, -0.05) is 18.2 Å². The van der Waals surface area contributed by atoms with Crippen LogP contribution in [0.15, 0.2) is 53.6 Å². The maximum Gasteiger partial charge on any atom is 0.341 e. The molecule has 0 spiro atoms. The first kappa shape index (κ1) is 17.9. The van der Waals surface area contributed by atoms with E-state index in [1.165, 1.54) is 24.4 Å². The van der Waals surface area contributed by atoms with E-state index < -0.39 is 24.3 Å². The van der Waals surface area contributed by atoms with E-state index in [9.17, 15) is 14.0 Å². The number of nitrogens with zero attached hydrogens (tertiary/aromatic N) is 1. The van der Waals surface area contributed by atoms with Gasteiger partial charge in [0, 0.05) is 11.6 Å². The average molecular weight is 346 g/mol. The van der Waals surface area contributed by atoms with Crippen molar-refractivity contribution in [1.82, 2.24) is 5.43 Å². The van der Waals surface area contributed by atoms with Crippen LogP contribution in [0.3, 0.4) is 0 Å². The van der Waals surface area contributed by atoms with Gasteiger partial charge in [0.25, 0.3) is 5.91 Å². The fourth-order valence-electron chi connectivity index (χ4n) is 1.77. The van der Waals surface area contributed by atoms with Gasteiger partial charge in [0.1, 0.15) is 17.3 Å². The number of carbonyl (C=O) groups excluding carboxylic acids is 1. The summed E-state index contributed by atoms with van der Waals surface area (Å²) in [6.45, 7) is -0.823. The minimum atomic E-state index is -1.10. The SMILES string of the molecule is O=C(O)COc1ccccc1/C=N\NC(=O)COc1cccc(F)c1. The van der Waals surface area contributed by atoms with Crippen LogP contribution in [0.5, 0.6) is 11.5 Å². The summed E-state index contributed by atoms with van der Waals surface area (Å²) < 4.78 is 23.2. The Morgan fingerprint density at radius 1 is 1.12 bits per heavy atom. The number of nitrogens with one attached hydrogen (secondary N) is 1. The van der Waals surface area contributed by atoms with Gasteiger partial charge in [0.15, 0.2) is 13.2 Å². The van der Waals surface area contributed by atoms with Crippen LogP contribution in [-0.4, -0.2) is 36.4 Å².